The molecule has 0 spiro atoms. The summed E-state index contributed by atoms with van der Waals surface area (Å²) in [5.74, 6) is -2.77. The fraction of sp³-hybridized carbons (Fsp3) is 0.750. The first-order chi connectivity index (χ1) is 6.61. The molecule has 0 aromatic heterocycles. The number of carbonyl (C=O) groups excluding carboxylic acids is 2. The highest BCUT2D eigenvalue weighted by molar-refractivity contribution is 5.98. The van der Waals surface area contributed by atoms with Gasteiger partial charge in [-0.25, -0.2) is 0 Å². The number of rotatable bonds is 0. The molecule has 6 nitrogen and oxygen atoms in total. The van der Waals surface area contributed by atoms with Gasteiger partial charge in [-0.15, -0.1) is 0 Å². The fourth-order valence-electron chi connectivity index (χ4n) is 2.53. The zero-order valence-electron chi connectivity index (χ0n) is 6.99. The molecule has 0 aromatic rings. The van der Waals surface area contributed by atoms with Crippen molar-refractivity contribution in [2.24, 2.45) is 11.8 Å². The molecule has 2 bridgehead atoms. The Labute approximate surface area is 78.4 Å². The van der Waals surface area contributed by atoms with Crippen LogP contribution in [0.1, 0.15) is 0 Å². The van der Waals surface area contributed by atoms with E-state index in [-0.39, 0.29) is 0 Å². The summed E-state index contributed by atoms with van der Waals surface area (Å²) >= 11 is 0. The molecule has 3 aliphatic heterocycles. The van der Waals surface area contributed by atoms with Crippen LogP contribution in [0.25, 0.3) is 0 Å². The number of aliphatic hydroxyl groups excluding tert-OH is 2. The third-order valence-corrected chi connectivity index (χ3v) is 3.18. The van der Waals surface area contributed by atoms with Crippen LogP contribution in [0.4, 0.5) is 0 Å². The van der Waals surface area contributed by atoms with Crippen molar-refractivity contribution in [3.8, 4) is 0 Å². The molecule has 2 N–H and O–H groups in total. The van der Waals surface area contributed by atoms with Crippen molar-refractivity contribution < 1.29 is 29.3 Å². The van der Waals surface area contributed by atoms with Crippen molar-refractivity contribution in [2.45, 2.75) is 24.4 Å². The van der Waals surface area contributed by atoms with Gasteiger partial charge in [0.25, 0.3) is 0 Å². The van der Waals surface area contributed by atoms with E-state index in [1.54, 1.807) is 0 Å². The lowest BCUT2D eigenvalue weighted by Gasteiger charge is -2.24. The normalized spacial score (nSPS) is 55.0. The first kappa shape index (κ1) is 8.34. The van der Waals surface area contributed by atoms with Gasteiger partial charge in [-0.1, -0.05) is 0 Å². The summed E-state index contributed by atoms with van der Waals surface area (Å²) in [5.41, 5.74) is 0. The zero-order valence-corrected chi connectivity index (χ0v) is 6.99. The van der Waals surface area contributed by atoms with Crippen LogP contribution in [0.5, 0.6) is 0 Å². The Morgan fingerprint density at radius 1 is 0.929 bits per heavy atom. The van der Waals surface area contributed by atoms with Gasteiger partial charge in [0.1, 0.15) is 36.3 Å². The van der Waals surface area contributed by atoms with E-state index in [2.05, 4.69) is 4.74 Å². The molecule has 0 saturated carbocycles. The topological polar surface area (TPSA) is 93.1 Å². The average Bonchev–Trinajstić information content (AvgIpc) is 2.71. The molecular weight excluding hydrogens is 192 g/mol. The van der Waals surface area contributed by atoms with Gasteiger partial charge in [0.2, 0.25) is 0 Å². The maximum Gasteiger partial charge on any atom is 0.320 e. The molecular formula is C8H8O6. The third kappa shape index (κ3) is 0.727. The van der Waals surface area contributed by atoms with Crippen LogP contribution in [0.2, 0.25) is 0 Å². The van der Waals surface area contributed by atoms with Gasteiger partial charge in [0.15, 0.2) is 0 Å². The fourth-order valence-corrected chi connectivity index (χ4v) is 2.53. The summed E-state index contributed by atoms with van der Waals surface area (Å²) in [6.07, 6.45) is -3.78. The lowest BCUT2D eigenvalue weighted by molar-refractivity contribution is -0.157. The molecule has 6 heteroatoms. The summed E-state index contributed by atoms with van der Waals surface area (Å²) in [5, 5.41) is 18.9. The van der Waals surface area contributed by atoms with Gasteiger partial charge in [-0.05, 0) is 0 Å². The van der Waals surface area contributed by atoms with E-state index in [9.17, 15) is 19.8 Å². The largest absolute Gasteiger partial charge is 0.393 e. The zero-order chi connectivity index (χ0) is 10.0. The second-order valence-electron chi connectivity index (χ2n) is 3.84. The molecule has 0 aliphatic carbocycles. The van der Waals surface area contributed by atoms with Gasteiger partial charge >= 0.3 is 11.9 Å². The number of esters is 2. The van der Waals surface area contributed by atoms with E-state index in [1.165, 1.54) is 0 Å². The maximum atomic E-state index is 11.2. The van der Waals surface area contributed by atoms with E-state index < -0.39 is 48.2 Å². The molecule has 3 aliphatic rings. The Morgan fingerprint density at radius 3 is 1.79 bits per heavy atom. The van der Waals surface area contributed by atoms with Gasteiger partial charge in [-0.2, -0.15) is 0 Å². The van der Waals surface area contributed by atoms with Crippen molar-refractivity contribution in [3.63, 3.8) is 0 Å². The van der Waals surface area contributed by atoms with Crippen LogP contribution in [-0.4, -0.2) is 46.6 Å². The molecule has 0 radical (unpaired) electrons. The van der Waals surface area contributed by atoms with Crippen LogP contribution in [0, 0.1) is 11.8 Å². The minimum absolute atomic E-state index is 0.654. The van der Waals surface area contributed by atoms with Crippen LogP contribution >= 0.6 is 0 Å². The van der Waals surface area contributed by atoms with Crippen molar-refractivity contribution >= 4 is 11.9 Å². The smallest absolute Gasteiger partial charge is 0.320 e. The number of hydrogen-bond acceptors (Lipinski definition) is 6. The summed E-state index contributed by atoms with van der Waals surface area (Å²) in [6, 6.07) is 0. The molecule has 3 fully saturated rings. The summed E-state index contributed by atoms with van der Waals surface area (Å²) < 4.78 is 9.61. The quantitative estimate of drug-likeness (QED) is 0.340. The first-order valence-corrected chi connectivity index (χ1v) is 4.38. The third-order valence-electron chi connectivity index (χ3n) is 3.18. The van der Waals surface area contributed by atoms with E-state index in [0.29, 0.717) is 0 Å². The van der Waals surface area contributed by atoms with E-state index in [0.717, 1.165) is 0 Å². The Hall–Kier alpha value is -0.980. The van der Waals surface area contributed by atoms with Crippen molar-refractivity contribution in [1.82, 2.24) is 0 Å². The molecule has 6 unspecified atom stereocenters. The van der Waals surface area contributed by atoms with E-state index >= 15 is 0 Å². The number of hydrogen-bond donors (Lipinski definition) is 2. The predicted octanol–water partition coefficient (Wildman–Crippen LogP) is -2.20. The van der Waals surface area contributed by atoms with Crippen LogP contribution < -0.4 is 0 Å². The van der Waals surface area contributed by atoms with Crippen LogP contribution in [0.3, 0.4) is 0 Å². The molecule has 3 saturated heterocycles. The van der Waals surface area contributed by atoms with Crippen LogP contribution in [0.15, 0.2) is 0 Å². The number of carbonyl (C=O) groups is 2. The Morgan fingerprint density at radius 2 is 1.36 bits per heavy atom. The second kappa shape index (κ2) is 2.33. The highest BCUT2D eigenvalue weighted by Crippen LogP contribution is 2.47. The molecule has 0 amide bonds. The van der Waals surface area contributed by atoms with E-state index in [4.69, 9.17) is 4.74 Å². The Bertz CT molecular complexity index is 296. The second-order valence-corrected chi connectivity index (χ2v) is 3.84. The van der Waals surface area contributed by atoms with Crippen molar-refractivity contribution in [3.05, 3.63) is 0 Å². The van der Waals surface area contributed by atoms with Crippen molar-refractivity contribution in [2.75, 3.05) is 0 Å². The SMILES string of the molecule is O=C1OC(=O)C2C3OC(C(O)C3O)C12. The molecule has 6 atom stereocenters. The summed E-state index contributed by atoms with van der Waals surface area (Å²) in [6.45, 7) is 0. The number of aliphatic hydroxyl groups is 2. The van der Waals surface area contributed by atoms with Gasteiger partial charge < -0.3 is 19.7 Å². The highest BCUT2D eigenvalue weighted by Gasteiger charge is 2.68. The Kier molecular flexibility index (Phi) is 1.39. The molecule has 76 valence electrons. The summed E-state index contributed by atoms with van der Waals surface area (Å²) in [4.78, 5) is 22.4. The summed E-state index contributed by atoms with van der Waals surface area (Å²) in [7, 11) is 0. The maximum absolute atomic E-state index is 11.2. The number of cyclic esters (lactones) is 2. The lowest BCUT2D eigenvalue weighted by atomic mass is 9.78. The van der Waals surface area contributed by atoms with Gasteiger partial charge in [0, 0.05) is 0 Å². The molecule has 0 aromatic carbocycles. The predicted molar refractivity (Wildman–Crippen MR) is 38.8 cm³/mol. The first-order valence-electron chi connectivity index (χ1n) is 4.38. The lowest BCUT2D eigenvalue weighted by Crippen LogP contribution is -2.47. The Balaban J connectivity index is 2.01. The minimum atomic E-state index is -1.10. The average molecular weight is 200 g/mol. The van der Waals surface area contributed by atoms with Gasteiger partial charge in [0.05, 0.1) is 0 Å². The molecule has 3 heterocycles. The minimum Gasteiger partial charge on any atom is -0.393 e. The number of fused-ring (bicyclic) bond motifs is 5. The monoisotopic (exact) mass is 200 g/mol. The van der Waals surface area contributed by atoms with Crippen LogP contribution in [-0.2, 0) is 19.1 Å². The molecule has 14 heavy (non-hydrogen) atoms. The van der Waals surface area contributed by atoms with Gasteiger partial charge in [-0.3, -0.25) is 9.59 Å². The highest BCUT2D eigenvalue weighted by atomic mass is 16.6. The number of ether oxygens (including phenoxy) is 2. The van der Waals surface area contributed by atoms with Crippen molar-refractivity contribution in [1.29, 1.82) is 0 Å². The standard InChI is InChI=1S/C8H8O6/c9-3-4(10)6-2-1(5(3)13-6)7(11)14-8(2)12/h1-6,9-10H. The van der Waals surface area contributed by atoms with E-state index in [1.807, 2.05) is 0 Å². The molecule has 3 rings (SSSR count).